The Hall–Kier alpha value is -2.15. The molecular formula is C17H23N3O4. The SMILES string of the molecule is O=C(NC1CC1)c1ccc(NC2CCCC2CCO)c([N+](=O)[O-])c1. The molecule has 130 valence electrons. The Kier molecular flexibility index (Phi) is 4.99. The monoisotopic (exact) mass is 333 g/mol. The summed E-state index contributed by atoms with van der Waals surface area (Å²) in [5.74, 6) is 0.0682. The van der Waals surface area contributed by atoms with Crippen LogP contribution in [0.5, 0.6) is 0 Å². The van der Waals surface area contributed by atoms with Crippen molar-refractivity contribution in [2.75, 3.05) is 11.9 Å². The maximum absolute atomic E-state index is 12.1. The number of nitrogens with one attached hydrogen (secondary N) is 2. The van der Waals surface area contributed by atoms with E-state index in [0.29, 0.717) is 23.6 Å². The van der Waals surface area contributed by atoms with Crippen molar-refractivity contribution in [1.29, 1.82) is 0 Å². The summed E-state index contributed by atoms with van der Waals surface area (Å²) in [5, 5.41) is 26.7. The fourth-order valence-electron chi connectivity index (χ4n) is 3.38. The number of rotatable bonds is 7. The minimum absolute atomic E-state index is 0.0758. The lowest BCUT2D eigenvalue weighted by molar-refractivity contribution is -0.384. The van der Waals surface area contributed by atoms with Gasteiger partial charge in [0.1, 0.15) is 5.69 Å². The van der Waals surface area contributed by atoms with E-state index in [1.54, 1.807) is 12.1 Å². The van der Waals surface area contributed by atoms with E-state index in [0.717, 1.165) is 32.1 Å². The molecule has 1 aromatic rings. The van der Waals surface area contributed by atoms with Gasteiger partial charge in [-0.3, -0.25) is 14.9 Å². The van der Waals surface area contributed by atoms with Crippen molar-refractivity contribution in [2.24, 2.45) is 5.92 Å². The van der Waals surface area contributed by atoms with E-state index in [1.165, 1.54) is 6.07 Å². The number of carbonyl (C=O) groups is 1. The summed E-state index contributed by atoms with van der Waals surface area (Å²) >= 11 is 0. The van der Waals surface area contributed by atoms with Crippen molar-refractivity contribution < 1.29 is 14.8 Å². The van der Waals surface area contributed by atoms with Gasteiger partial charge in [-0.1, -0.05) is 6.42 Å². The molecule has 2 saturated carbocycles. The van der Waals surface area contributed by atoms with Gasteiger partial charge in [0, 0.05) is 30.3 Å². The fraction of sp³-hybridized carbons (Fsp3) is 0.588. The molecule has 0 heterocycles. The Morgan fingerprint density at radius 2 is 2.08 bits per heavy atom. The molecule has 2 atom stereocenters. The highest BCUT2D eigenvalue weighted by atomic mass is 16.6. The molecule has 24 heavy (non-hydrogen) atoms. The number of benzene rings is 1. The molecule has 2 unspecified atom stereocenters. The number of carbonyl (C=O) groups excluding carboxylic acids is 1. The topological polar surface area (TPSA) is 104 Å². The third-order valence-electron chi connectivity index (χ3n) is 4.87. The maximum Gasteiger partial charge on any atom is 0.293 e. The van der Waals surface area contributed by atoms with Crippen molar-refractivity contribution in [1.82, 2.24) is 5.32 Å². The Balaban J connectivity index is 1.76. The number of aliphatic hydroxyl groups excluding tert-OH is 1. The number of anilines is 1. The number of hydrogen-bond acceptors (Lipinski definition) is 5. The molecule has 1 amide bonds. The molecule has 2 fully saturated rings. The van der Waals surface area contributed by atoms with Crippen molar-refractivity contribution in [3.05, 3.63) is 33.9 Å². The van der Waals surface area contributed by atoms with Crippen molar-refractivity contribution in [2.45, 2.75) is 50.6 Å². The van der Waals surface area contributed by atoms with E-state index in [9.17, 15) is 14.9 Å². The highest BCUT2D eigenvalue weighted by Crippen LogP contribution is 2.34. The second kappa shape index (κ2) is 7.17. The molecule has 0 aromatic heterocycles. The molecule has 2 aliphatic rings. The molecule has 0 aliphatic heterocycles. The van der Waals surface area contributed by atoms with E-state index in [-0.39, 0.29) is 30.3 Å². The number of aliphatic hydroxyl groups is 1. The molecule has 0 bridgehead atoms. The van der Waals surface area contributed by atoms with Gasteiger partial charge < -0.3 is 15.7 Å². The van der Waals surface area contributed by atoms with Crippen LogP contribution in [0.4, 0.5) is 11.4 Å². The van der Waals surface area contributed by atoms with Crippen LogP contribution < -0.4 is 10.6 Å². The number of nitro benzene ring substituents is 1. The second-order valence-electron chi connectivity index (χ2n) is 6.69. The number of nitrogens with zero attached hydrogens (tertiary/aromatic N) is 1. The smallest absolute Gasteiger partial charge is 0.293 e. The Labute approximate surface area is 140 Å². The fourth-order valence-corrected chi connectivity index (χ4v) is 3.38. The highest BCUT2D eigenvalue weighted by Gasteiger charge is 2.29. The van der Waals surface area contributed by atoms with Gasteiger partial charge in [0.05, 0.1) is 4.92 Å². The van der Waals surface area contributed by atoms with Crippen LogP contribution in [0.2, 0.25) is 0 Å². The molecule has 1 aromatic carbocycles. The Morgan fingerprint density at radius 3 is 2.75 bits per heavy atom. The second-order valence-corrected chi connectivity index (χ2v) is 6.69. The van der Waals surface area contributed by atoms with Crippen LogP contribution in [0.3, 0.4) is 0 Å². The summed E-state index contributed by atoms with van der Waals surface area (Å²) in [6.07, 6.45) is 5.66. The zero-order valence-electron chi connectivity index (χ0n) is 13.5. The number of amides is 1. The third-order valence-corrected chi connectivity index (χ3v) is 4.87. The predicted molar refractivity (Wildman–Crippen MR) is 90.0 cm³/mol. The summed E-state index contributed by atoms with van der Waals surface area (Å²) in [5.41, 5.74) is 0.684. The van der Waals surface area contributed by atoms with Crippen LogP contribution in [0, 0.1) is 16.0 Å². The largest absolute Gasteiger partial charge is 0.396 e. The molecule has 3 N–H and O–H groups in total. The first kappa shape index (κ1) is 16.7. The van der Waals surface area contributed by atoms with Gasteiger partial charge in [0.15, 0.2) is 0 Å². The summed E-state index contributed by atoms with van der Waals surface area (Å²) in [6, 6.07) is 4.93. The van der Waals surface area contributed by atoms with Crippen molar-refractivity contribution in [3.63, 3.8) is 0 Å². The van der Waals surface area contributed by atoms with Crippen LogP contribution in [0.25, 0.3) is 0 Å². The molecule has 2 aliphatic carbocycles. The van der Waals surface area contributed by atoms with E-state index < -0.39 is 4.92 Å². The first-order valence-electron chi connectivity index (χ1n) is 8.55. The molecule has 3 rings (SSSR count). The number of hydrogen-bond donors (Lipinski definition) is 3. The van der Waals surface area contributed by atoms with Gasteiger partial charge in [-0.05, 0) is 50.2 Å². The van der Waals surface area contributed by atoms with Gasteiger partial charge in [-0.15, -0.1) is 0 Å². The van der Waals surface area contributed by atoms with Crippen molar-refractivity contribution in [3.8, 4) is 0 Å². The van der Waals surface area contributed by atoms with E-state index in [1.807, 2.05) is 0 Å². The quantitative estimate of drug-likeness (QED) is 0.525. The minimum atomic E-state index is -0.452. The van der Waals surface area contributed by atoms with Gasteiger partial charge in [-0.2, -0.15) is 0 Å². The summed E-state index contributed by atoms with van der Waals surface area (Å²) in [4.78, 5) is 23.0. The van der Waals surface area contributed by atoms with Gasteiger partial charge >= 0.3 is 0 Å². The van der Waals surface area contributed by atoms with Crippen LogP contribution in [-0.4, -0.2) is 34.6 Å². The zero-order valence-corrected chi connectivity index (χ0v) is 13.5. The molecule has 7 nitrogen and oxygen atoms in total. The first-order chi connectivity index (χ1) is 11.6. The predicted octanol–water partition coefficient (Wildman–Crippen LogP) is 2.45. The average molecular weight is 333 g/mol. The lowest BCUT2D eigenvalue weighted by Gasteiger charge is -2.21. The van der Waals surface area contributed by atoms with Crippen molar-refractivity contribution >= 4 is 17.3 Å². The lowest BCUT2D eigenvalue weighted by atomic mass is 9.99. The Morgan fingerprint density at radius 1 is 1.29 bits per heavy atom. The third kappa shape index (κ3) is 3.84. The summed E-state index contributed by atoms with van der Waals surface area (Å²) in [7, 11) is 0. The maximum atomic E-state index is 12.1. The minimum Gasteiger partial charge on any atom is -0.396 e. The molecule has 0 radical (unpaired) electrons. The average Bonchev–Trinajstić information content (AvgIpc) is 3.27. The van der Waals surface area contributed by atoms with Crippen LogP contribution >= 0.6 is 0 Å². The Bertz CT molecular complexity index is 630. The molecule has 0 spiro atoms. The number of nitro groups is 1. The van der Waals surface area contributed by atoms with E-state index in [4.69, 9.17) is 5.11 Å². The van der Waals surface area contributed by atoms with Gasteiger partial charge in [0.25, 0.3) is 11.6 Å². The van der Waals surface area contributed by atoms with Crippen LogP contribution in [-0.2, 0) is 0 Å². The normalized spacial score (nSPS) is 23.0. The molecule has 7 heteroatoms. The lowest BCUT2D eigenvalue weighted by Crippen LogP contribution is -2.26. The van der Waals surface area contributed by atoms with Gasteiger partial charge in [0.2, 0.25) is 0 Å². The molecular weight excluding hydrogens is 310 g/mol. The summed E-state index contributed by atoms with van der Waals surface area (Å²) in [6.45, 7) is 0.130. The van der Waals surface area contributed by atoms with E-state index in [2.05, 4.69) is 10.6 Å². The van der Waals surface area contributed by atoms with Crippen LogP contribution in [0.1, 0.15) is 48.9 Å². The molecule has 0 saturated heterocycles. The highest BCUT2D eigenvalue weighted by molar-refractivity contribution is 5.96. The first-order valence-corrected chi connectivity index (χ1v) is 8.55. The van der Waals surface area contributed by atoms with E-state index >= 15 is 0 Å². The summed E-state index contributed by atoms with van der Waals surface area (Å²) < 4.78 is 0. The van der Waals surface area contributed by atoms with Crippen LogP contribution in [0.15, 0.2) is 18.2 Å². The van der Waals surface area contributed by atoms with Gasteiger partial charge in [-0.25, -0.2) is 0 Å². The standard InChI is InChI=1S/C17H23N3O4/c21-9-8-11-2-1-3-14(11)19-15-7-4-12(10-16(15)20(23)24)17(22)18-13-5-6-13/h4,7,10-11,13-14,19,21H,1-3,5-6,8-9H2,(H,18,22). The zero-order chi connectivity index (χ0) is 17.1.